The molecular formula is C15H22N2O2. The topological polar surface area (TPSA) is 42.4 Å². The highest BCUT2D eigenvalue weighted by atomic mass is 16.5. The van der Waals surface area contributed by atoms with Gasteiger partial charge in [-0.15, -0.1) is 0 Å². The Morgan fingerprint density at radius 1 is 1.32 bits per heavy atom. The molecule has 1 aliphatic carbocycles. The minimum atomic E-state index is -0.146. The third-order valence-electron chi connectivity index (χ3n) is 3.01. The third-order valence-corrected chi connectivity index (χ3v) is 3.01. The number of hydrogen-bond acceptors (Lipinski definition) is 3. The average Bonchev–Trinajstić information content (AvgIpc) is 3.11. The molecule has 0 radical (unpaired) electrons. The molecule has 2 rings (SSSR count). The molecule has 1 aliphatic rings. The van der Waals surface area contributed by atoms with Crippen molar-refractivity contribution in [2.24, 2.45) is 0 Å². The van der Waals surface area contributed by atoms with Crippen molar-refractivity contribution in [3.05, 3.63) is 23.5 Å². The Kier molecular flexibility index (Phi) is 3.52. The molecule has 0 spiro atoms. The van der Waals surface area contributed by atoms with E-state index in [0.717, 1.165) is 24.3 Å². The van der Waals surface area contributed by atoms with Crippen LogP contribution in [0.3, 0.4) is 0 Å². The van der Waals surface area contributed by atoms with E-state index < -0.39 is 0 Å². The summed E-state index contributed by atoms with van der Waals surface area (Å²) < 4.78 is 5.89. The van der Waals surface area contributed by atoms with Crippen molar-refractivity contribution in [1.82, 2.24) is 9.88 Å². The van der Waals surface area contributed by atoms with Gasteiger partial charge in [0.05, 0.1) is 11.8 Å². The van der Waals surface area contributed by atoms with Crippen LogP contribution >= 0.6 is 0 Å². The lowest BCUT2D eigenvalue weighted by atomic mass is 9.90. The molecule has 0 bridgehead atoms. The van der Waals surface area contributed by atoms with Gasteiger partial charge in [-0.25, -0.2) is 4.98 Å². The maximum absolute atomic E-state index is 12.0. The van der Waals surface area contributed by atoms with Crippen molar-refractivity contribution in [3.8, 4) is 5.75 Å². The Balaban J connectivity index is 2.37. The Morgan fingerprint density at radius 2 is 1.95 bits per heavy atom. The number of rotatable bonds is 3. The van der Waals surface area contributed by atoms with Crippen molar-refractivity contribution >= 4 is 5.91 Å². The Morgan fingerprint density at radius 3 is 2.42 bits per heavy atom. The fraction of sp³-hybridized carbons (Fsp3) is 0.600. The maximum atomic E-state index is 12.0. The smallest absolute Gasteiger partial charge is 0.271 e. The molecule has 1 aromatic heterocycles. The molecule has 0 saturated heterocycles. The zero-order valence-electron chi connectivity index (χ0n) is 12.4. The Labute approximate surface area is 114 Å². The average molecular weight is 262 g/mol. The molecule has 0 aromatic carbocycles. The van der Waals surface area contributed by atoms with Gasteiger partial charge in [0.2, 0.25) is 0 Å². The van der Waals surface area contributed by atoms with Crippen LogP contribution < -0.4 is 4.74 Å². The summed E-state index contributed by atoms with van der Waals surface area (Å²) in [5.74, 6) is 0.730. The van der Waals surface area contributed by atoms with Crippen LogP contribution in [0, 0.1) is 0 Å². The van der Waals surface area contributed by atoms with Crippen molar-refractivity contribution in [3.63, 3.8) is 0 Å². The summed E-state index contributed by atoms with van der Waals surface area (Å²) in [5, 5.41) is 0. The lowest BCUT2D eigenvalue weighted by molar-refractivity contribution is 0.0821. The fourth-order valence-electron chi connectivity index (χ4n) is 1.79. The van der Waals surface area contributed by atoms with Gasteiger partial charge in [0.25, 0.3) is 5.91 Å². The monoisotopic (exact) mass is 262 g/mol. The number of amides is 1. The SMILES string of the molecule is CN(C)C(=O)c1ccc(OC2CC2)c(C(C)(C)C)n1. The fourth-order valence-corrected chi connectivity index (χ4v) is 1.79. The largest absolute Gasteiger partial charge is 0.488 e. The first kappa shape index (κ1) is 13.8. The lowest BCUT2D eigenvalue weighted by Gasteiger charge is -2.22. The van der Waals surface area contributed by atoms with E-state index in [9.17, 15) is 4.79 Å². The van der Waals surface area contributed by atoms with Gasteiger partial charge in [-0.05, 0) is 25.0 Å². The van der Waals surface area contributed by atoms with Gasteiger partial charge in [0.1, 0.15) is 11.4 Å². The highest BCUT2D eigenvalue weighted by Crippen LogP contribution is 2.34. The van der Waals surface area contributed by atoms with Crippen molar-refractivity contribution in [2.45, 2.75) is 45.1 Å². The maximum Gasteiger partial charge on any atom is 0.271 e. The molecule has 1 saturated carbocycles. The van der Waals surface area contributed by atoms with E-state index >= 15 is 0 Å². The van der Waals surface area contributed by atoms with Gasteiger partial charge in [-0.3, -0.25) is 4.79 Å². The molecule has 4 nitrogen and oxygen atoms in total. The molecule has 0 atom stereocenters. The first-order chi connectivity index (χ1) is 8.79. The molecule has 0 unspecified atom stereocenters. The quantitative estimate of drug-likeness (QED) is 0.841. The van der Waals surface area contributed by atoms with Crippen LogP contribution in [0.25, 0.3) is 0 Å². The number of hydrogen-bond donors (Lipinski definition) is 0. The molecule has 104 valence electrons. The van der Waals surface area contributed by atoms with E-state index in [2.05, 4.69) is 25.8 Å². The zero-order chi connectivity index (χ0) is 14.2. The predicted octanol–water partition coefficient (Wildman–Crippen LogP) is 2.62. The van der Waals surface area contributed by atoms with Gasteiger partial charge in [0, 0.05) is 19.5 Å². The number of ether oxygens (including phenoxy) is 1. The lowest BCUT2D eigenvalue weighted by Crippen LogP contribution is -2.25. The first-order valence-corrected chi connectivity index (χ1v) is 6.69. The van der Waals surface area contributed by atoms with Crippen molar-refractivity contribution in [1.29, 1.82) is 0 Å². The molecule has 1 heterocycles. The summed E-state index contributed by atoms with van der Waals surface area (Å²) in [6.07, 6.45) is 2.56. The van der Waals surface area contributed by atoms with E-state index in [4.69, 9.17) is 4.74 Å². The zero-order valence-corrected chi connectivity index (χ0v) is 12.4. The minimum Gasteiger partial charge on any atom is -0.488 e. The highest BCUT2D eigenvalue weighted by Gasteiger charge is 2.29. The molecular weight excluding hydrogens is 240 g/mol. The second-order valence-corrected chi connectivity index (χ2v) is 6.31. The van der Waals surface area contributed by atoms with Crippen LogP contribution in [-0.2, 0) is 5.41 Å². The van der Waals surface area contributed by atoms with Gasteiger partial charge in [-0.1, -0.05) is 20.8 Å². The number of pyridine rings is 1. The highest BCUT2D eigenvalue weighted by molar-refractivity contribution is 5.92. The predicted molar refractivity (Wildman–Crippen MR) is 74.6 cm³/mol. The minimum absolute atomic E-state index is 0.0801. The molecule has 0 aliphatic heterocycles. The van der Waals surface area contributed by atoms with E-state index in [1.54, 1.807) is 20.2 Å². The van der Waals surface area contributed by atoms with Gasteiger partial charge in [0.15, 0.2) is 0 Å². The van der Waals surface area contributed by atoms with E-state index in [-0.39, 0.29) is 11.3 Å². The summed E-state index contributed by atoms with van der Waals surface area (Å²) >= 11 is 0. The molecule has 1 fully saturated rings. The number of carbonyl (C=O) groups is 1. The van der Waals surface area contributed by atoms with Gasteiger partial charge >= 0.3 is 0 Å². The second-order valence-electron chi connectivity index (χ2n) is 6.31. The summed E-state index contributed by atoms with van der Waals surface area (Å²) in [7, 11) is 3.46. The van der Waals surface area contributed by atoms with Crippen LogP contribution in [0.15, 0.2) is 12.1 Å². The van der Waals surface area contributed by atoms with E-state index in [1.165, 1.54) is 4.90 Å². The van der Waals surface area contributed by atoms with Crippen LogP contribution in [0.2, 0.25) is 0 Å². The van der Waals surface area contributed by atoms with E-state index in [1.807, 2.05) is 6.07 Å². The van der Waals surface area contributed by atoms with Crippen LogP contribution in [0.5, 0.6) is 5.75 Å². The van der Waals surface area contributed by atoms with Gasteiger partial charge in [-0.2, -0.15) is 0 Å². The standard InChI is InChI=1S/C15H22N2O2/c1-15(2,3)13-12(19-10-6-7-10)9-8-11(16-13)14(18)17(4)5/h8-10H,6-7H2,1-5H3. The van der Waals surface area contributed by atoms with Crippen LogP contribution in [0.4, 0.5) is 0 Å². The molecule has 1 aromatic rings. The van der Waals surface area contributed by atoms with Crippen LogP contribution in [-0.4, -0.2) is 36.0 Å². The number of aromatic nitrogens is 1. The summed E-state index contributed by atoms with van der Waals surface area (Å²) in [5.41, 5.74) is 1.18. The normalized spacial score (nSPS) is 15.2. The first-order valence-electron chi connectivity index (χ1n) is 6.69. The Hall–Kier alpha value is -1.58. The number of carbonyl (C=O) groups excluding carboxylic acids is 1. The molecule has 0 N–H and O–H groups in total. The second kappa shape index (κ2) is 4.83. The molecule has 19 heavy (non-hydrogen) atoms. The van der Waals surface area contributed by atoms with Crippen molar-refractivity contribution < 1.29 is 9.53 Å². The summed E-state index contributed by atoms with van der Waals surface area (Å²) in [6, 6.07) is 3.62. The number of nitrogens with zero attached hydrogens (tertiary/aromatic N) is 2. The van der Waals surface area contributed by atoms with Crippen LogP contribution in [0.1, 0.15) is 49.8 Å². The van der Waals surface area contributed by atoms with E-state index in [0.29, 0.717) is 11.8 Å². The third kappa shape index (κ3) is 3.25. The molecule has 4 heteroatoms. The van der Waals surface area contributed by atoms with Gasteiger partial charge < -0.3 is 9.64 Å². The Bertz CT molecular complexity index is 485. The summed E-state index contributed by atoms with van der Waals surface area (Å²) in [4.78, 5) is 18.1. The molecule has 1 amide bonds. The summed E-state index contributed by atoms with van der Waals surface area (Å²) in [6.45, 7) is 6.25. The van der Waals surface area contributed by atoms with Crippen molar-refractivity contribution in [2.75, 3.05) is 14.1 Å².